The fourth-order valence-corrected chi connectivity index (χ4v) is 1.82. The number of pyridine rings is 2. The van der Waals surface area contributed by atoms with E-state index in [1.54, 1.807) is 22.8 Å². The van der Waals surface area contributed by atoms with E-state index in [1.807, 2.05) is 13.0 Å². The number of hydrazine groups is 1. The van der Waals surface area contributed by atoms with Crippen LogP contribution in [0.1, 0.15) is 11.4 Å². The lowest BCUT2D eigenvalue weighted by Gasteiger charge is -2.11. The molecule has 94 valence electrons. The number of nitrogens with zero attached hydrogens (tertiary/aromatic N) is 2. The van der Waals surface area contributed by atoms with Crippen molar-refractivity contribution in [3.63, 3.8) is 0 Å². The molecular weight excluding hydrogens is 252 g/mol. The summed E-state index contributed by atoms with van der Waals surface area (Å²) in [6.45, 7) is 2.18. The molecule has 0 aliphatic carbocycles. The van der Waals surface area contributed by atoms with Crippen molar-refractivity contribution in [1.82, 2.24) is 9.55 Å². The summed E-state index contributed by atoms with van der Waals surface area (Å²) in [5.41, 5.74) is 3.82. The fourth-order valence-electron chi connectivity index (χ4n) is 1.65. The molecular formula is C12H13ClN4O. The molecule has 0 unspecified atom stereocenters. The predicted octanol–water partition coefficient (Wildman–Crippen LogP) is 1.54. The van der Waals surface area contributed by atoms with Gasteiger partial charge in [0.2, 0.25) is 0 Å². The van der Waals surface area contributed by atoms with Crippen molar-refractivity contribution in [2.24, 2.45) is 5.84 Å². The topological polar surface area (TPSA) is 72.9 Å². The van der Waals surface area contributed by atoms with Crippen LogP contribution in [0.3, 0.4) is 0 Å². The van der Waals surface area contributed by atoms with Crippen molar-refractivity contribution in [3.8, 4) is 0 Å². The molecule has 0 saturated heterocycles. The fraction of sp³-hybridized carbons (Fsp3) is 0.167. The van der Waals surface area contributed by atoms with Crippen molar-refractivity contribution >= 4 is 17.4 Å². The number of nitrogens with one attached hydrogen (secondary N) is 1. The van der Waals surface area contributed by atoms with Crippen LogP contribution in [-0.2, 0) is 6.54 Å². The molecule has 2 aromatic rings. The number of hydrogen-bond donors (Lipinski definition) is 2. The van der Waals surface area contributed by atoms with Crippen molar-refractivity contribution in [2.75, 3.05) is 5.43 Å². The van der Waals surface area contributed by atoms with Gasteiger partial charge in [0.1, 0.15) is 5.82 Å². The Bertz CT molecular complexity index is 624. The Kier molecular flexibility index (Phi) is 3.64. The zero-order valence-corrected chi connectivity index (χ0v) is 10.6. The van der Waals surface area contributed by atoms with Gasteiger partial charge in [-0.25, -0.2) is 10.8 Å². The van der Waals surface area contributed by atoms with Crippen LogP contribution in [0.25, 0.3) is 0 Å². The molecule has 0 radical (unpaired) electrons. The minimum absolute atomic E-state index is 0.0843. The van der Waals surface area contributed by atoms with Gasteiger partial charge in [-0.05, 0) is 25.1 Å². The highest BCUT2D eigenvalue weighted by Gasteiger charge is 2.07. The SMILES string of the molecule is Cc1cccc(=O)n1Cc1nc(NN)ccc1Cl. The van der Waals surface area contributed by atoms with Crippen LogP contribution in [0.4, 0.5) is 5.82 Å². The first-order chi connectivity index (χ1) is 8.61. The highest BCUT2D eigenvalue weighted by atomic mass is 35.5. The molecule has 0 atom stereocenters. The van der Waals surface area contributed by atoms with E-state index in [0.717, 1.165) is 5.69 Å². The molecule has 0 amide bonds. The Morgan fingerprint density at radius 2 is 2.17 bits per heavy atom. The van der Waals surface area contributed by atoms with E-state index < -0.39 is 0 Å². The zero-order valence-electron chi connectivity index (χ0n) is 9.85. The molecule has 0 saturated carbocycles. The normalized spacial score (nSPS) is 10.4. The molecule has 0 aliphatic heterocycles. The number of halogens is 1. The Hall–Kier alpha value is -1.85. The Morgan fingerprint density at radius 1 is 1.39 bits per heavy atom. The van der Waals surface area contributed by atoms with Gasteiger partial charge in [0.05, 0.1) is 17.3 Å². The third kappa shape index (κ3) is 2.52. The number of anilines is 1. The molecule has 0 fully saturated rings. The van der Waals surface area contributed by atoms with Gasteiger partial charge in [-0.1, -0.05) is 17.7 Å². The van der Waals surface area contributed by atoms with E-state index in [-0.39, 0.29) is 5.56 Å². The molecule has 0 aliphatic rings. The lowest BCUT2D eigenvalue weighted by molar-refractivity contribution is 0.713. The Balaban J connectivity index is 2.43. The lowest BCUT2D eigenvalue weighted by atomic mass is 10.3. The maximum absolute atomic E-state index is 11.8. The maximum Gasteiger partial charge on any atom is 0.251 e. The molecule has 2 heterocycles. The van der Waals surface area contributed by atoms with Crippen LogP contribution in [0.5, 0.6) is 0 Å². The standard InChI is InChI=1S/C12H13ClN4O/c1-8-3-2-4-12(18)17(8)7-10-9(13)5-6-11(15-10)16-14/h2-6H,7,14H2,1H3,(H,15,16). The monoisotopic (exact) mass is 264 g/mol. The average molecular weight is 265 g/mol. The van der Waals surface area contributed by atoms with Crippen LogP contribution in [0.15, 0.2) is 35.1 Å². The minimum atomic E-state index is -0.0843. The summed E-state index contributed by atoms with van der Waals surface area (Å²) >= 11 is 6.06. The maximum atomic E-state index is 11.8. The molecule has 3 N–H and O–H groups in total. The van der Waals surface area contributed by atoms with Gasteiger partial charge in [-0.15, -0.1) is 0 Å². The number of nitrogens with two attached hydrogens (primary N) is 1. The molecule has 0 spiro atoms. The van der Waals surface area contributed by atoms with E-state index in [4.69, 9.17) is 17.4 Å². The largest absolute Gasteiger partial charge is 0.308 e. The summed E-state index contributed by atoms with van der Waals surface area (Å²) < 4.78 is 1.61. The van der Waals surface area contributed by atoms with Crippen molar-refractivity contribution < 1.29 is 0 Å². The third-order valence-electron chi connectivity index (χ3n) is 2.64. The number of aromatic nitrogens is 2. The predicted molar refractivity (Wildman–Crippen MR) is 71.6 cm³/mol. The summed E-state index contributed by atoms with van der Waals surface area (Å²) in [5.74, 6) is 5.81. The first-order valence-corrected chi connectivity index (χ1v) is 5.78. The lowest BCUT2D eigenvalue weighted by Crippen LogP contribution is -2.22. The van der Waals surface area contributed by atoms with Crippen LogP contribution >= 0.6 is 11.6 Å². The molecule has 0 aromatic carbocycles. The van der Waals surface area contributed by atoms with Gasteiger partial charge >= 0.3 is 0 Å². The van der Waals surface area contributed by atoms with E-state index in [2.05, 4.69) is 10.4 Å². The molecule has 5 nitrogen and oxygen atoms in total. The Labute approximate surface area is 109 Å². The summed E-state index contributed by atoms with van der Waals surface area (Å²) in [7, 11) is 0. The molecule has 0 bridgehead atoms. The smallest absolute Gasteiger partial charge is 0.251 e. The third-order valence-corrected chi connectivity index (χ3v) is 2.99. The summed E-state index contributed by atoms with van der Waals surface area (Å²) in [6.07, 6.45) is 0. The highest BCUT2D eigenvalue weighted by molar-refractivity contribution is 6.31. The summed E-state index contributed by atoms with van der Waals surface area (Å²) in [5, 5.41) is 0.504. The van der Waals surface area contributed by atoms with E-state index in [9.17, 15) is 4.79 Å². The number of hydrogen-bond acceptors (Lipinski definition) is 4. The van der Waals surface area contributed by atoms with E-state index >= 15 is 0 Å². The first-order valence-electron chi connectivity index (χ1n) is 5.40. The van der Waals surface area contributed by atoms with Gasteiger partial charge in [-0.2, -0.15) is 0 Å². The van der Waals surface area contributed by atoms with E-state index in [1.165, 1.54) is 6.07 Å². The van der Waals surface area contributed by atoms with Gasteiger partial charge in [0, 0.05) is 11.8 Å². The van der Waals surface area contributed by atoms with Crippen molar-refractivity contribution in [2.45, 2.75) is 13.5 Å². The van der Waals surface area contributed by atoms with Crippen molar-refractivity contribution in [3.05, 3.63) is 57.1 Å². The van der Waals surface area contributed by atoms with Gasteiger partial charge in [-0.3, -0.25) is 4.79 Å². The quantitative estimate of drug-likeness (QED) is 0.652. The summed E-state index contributed by atoms with van der Waals surface area (Å²) in [4.78, 5) is 16.0. The second-order valence-corrected chi connectivity index (χ2v) is 4.27. The van der Waals surface area contributed by atoms with Gasteiger partial charge in [0.15, 0.2) is 0 Å². The Morgan fingerprint density at radius 3 is 2.83 bits per heavy atom. The number of rotatable bonds is 3. The first kappa shape index (κ1) is 12.6. The molecule has 2 rings (SSSR count). The molecule has 6 heteroatoms. The van der Waals surface area contributed by atoms with Gasteiger partial charge in [0.25, 0.3) is 5.56 Å². The number of aryl methyl sites for hydroxylation is 1. The van der Waals surface area contributed by atoms with E-state index in [0.29, 0.717) is 23.1 Å². The van der Waals surface area contributed by atoms with Crippen LogP contribution in [0, 0.1) is 6.92 Å². The van der Waals surface area contributed by atoms with Crippen molar-refractivity contribution in [1.29, 1.82) is 0 Å². The molecule has 2 aromatic heterocycles. The van der Waals surface area contributed by atoms with Crippen LogP contribution in [0.2, 0.25) is 5.02 Å². The average Bonchev–Trinajstić information content (AvgIpc) is 2.36. The van der Waals surface area contributed by atoms with Crippen LogP contribution < -0.4 is 16.8 Å². The number of nitrogen functional groups attached to an aromatic ring is 1. The second kappa shape index (κ2) is 5.20. The van der Waals surface area contributed by atoms with Crippen LogP contribution in [-0.4, -0.2) is 9.55 Å². The zero-order chi connectivity index (χ0) is 13.1. The minimum Gasteiger partial charge on any atom is -0.308 e. The molecule has 18 heavy (non-hydrogen) atoms. The summed E-state index contributed by atoms with van der Waals surface area (Å²) in [6, 6.07) is 8.46. The highest BCUT2D eigenvalue weighted by Crippen LogP contribution is 2.17. The second-order valence-electron chi connectivity index (χ2n) is 3.86. The van der Waals surface area contributed by atoms with Gasteiger partial charge < -0.3 is 9.99 Å².